The van der Waals surface area contributed by atoms with E-state index in [2.05, 4.69) is 5.32 Å². The van der Waals surface area contributed by atoms with E-state index < -0.39 is 30.5 Å². The quantitative estimate of drug-likeness (QED) is 0.795. The minimum atomic E-state index is -0.958. The third-order valence-electron chi connectivity index (χ3n) is 3.26. The Labute approximate surface area is 150 Å². The van der Waals surface area contributed by atoms with Gasteiger partial charge in [-0.3, -0.25) is 14.9 Å². The summed E-state index contributed by atoms with van der Waals surface area (Å²) in [5, 5.41) is 10.9. The summed E-state index contributed by atoms with van der Waals surface area (Å²) in [7, 11) is 0. The number of amides is 2. The SMILES string of the molecule is C[C@@H](Oc1ccc(C#N)cc1)C(=O)OCC(=O)NC(=O)c1ccccc1. The summed E-state index contributed by atoms with van der Waals surface area (Å²) in [4.78, 5) is 35.4. The highest BCUT2D eigenvalue weighted by Crippen LogP contribution is 2.13. The number of nitrogens with one attached hydrogen (secondary N) is 1. The molecule has 0 aromatic heterocycles. The molecule has 7 nitrogen and oxygen atoms in total. The molecule has 0 aliphatic carbocycles. The summed E-state index contributed by atoms with van der Waals surface area (Å²) >= 11 is 0. The van der Waals surface area contributed by atoms with Gasteiger partial charge in [0.2, 0.25) is 0 Å². The average molecular weight is 352 g/mol. The number of carbonyl (C=O) groups excluding carboxylic acids is 3. The second kappa shape index (κ2) is 8.99. The van der Waals surface area contributed by atoms with Gasteiger partial charge >= 0.3 is 5.97 Å². The lowest BCUT2D eigenvalue weighted by Gasteiger charge is -2.13. The van der Waals surface area contributed by atoms with E-state index in [9.17, 15) is 14.4 Å². The molecule has 0 saturated heterocycles. The van der Waals surface area contributed by atoms with E-state index in [0.29, 0.717) is 16.9 Å². The number of nitriles is 1. The standard InChI is InChI=1S/C19H16N2O5/c1-13(26-16-9-7-14(11-20)8-10-16)19(24)25-12-17(22)21-18(23)15-5-3-2-4-6-15/h2-10,13H,12H2,1H3,(H,21,22,23)/t13-/m1/s1. The first-order valence-electron chi connectivity index (χ1n) is 7.72. The van der Waals surface area contributed by atoms with Crippen LogP contribution in [0.1, 0.15) is 22.8 Å². The molecule has 0 radical (unpaired) electrons. The summed E-state index contributed by atoms with van der Waals surface area (Å²) < 4.78 is 10.2. The van der Waals surface area contributed by atoms with E-state index in [1.165, 1.54) is 6.92 Å². The van der Waals surface area contributed by atoms with Crippen molar-refractivity contribution in [1.82, 2.24) is 5.32 Å². The first-order chi connectivity index (χ1) is 12.5. The molecule has 0 unspecified atom stereocenters. The maximum absolute atomic E-state index is 11.9. The fraction of sp³-hybridized carbons (Fsp3) is 0.158. The lowest BCUT2D eigenvalue weighted by molar-refractivity contribution is -0.154. The lowest BCUT2D eigenvalue weighted by Crippen LogP contribution is -2.36. The van der Waals surface area contributed by atoms with E-state index >= 15 is 0 Å². The van der Waals surface area contributed by atoms with Gasteiger partial charge in [-0.15, -0.1) is 0 Å². The Bertz CT molecular complexity index is 825. The molecule has 2 aromatic carbocycles. The predicted octanol–water partition coefficient (Wildman–Crippen LogP) is 1.83. The Hall–Kier alpha value is -3.66. The van der Waals surface area contributed by atoms with Crippen LogP contribution in [0.5, 0.6) is 5.75 Å². The zero-order chi connectivity index (χ0) is 18.9. The van der Waals surface area contributed by atoms with Crippen LogP contribution in [0.4, 0.5) is 0 Å². The van der Waals surface area contributed by atoms with Crippen LogP contribution in [0.3, 0.4) is 0 Å². The number of imide groups is 1. The second-order valence-corrected chi connectivity index (χ2v) is 5.25. The monoisotopic (exact) mass is 352 g/mol. The molecule has 2 aromatic rings. The summed E-state index contributed by atoms with van der Waals surface area (Å²) in [6, 6.07) is 16.4. The molecule has 7 heteroatoms. The number of rotatable bonds is 6. The predicted molar refractivity (Wildman–Crippen MR) is 91.1 cm³/mol. The van der Waals surface area contributed by atoms with Crippen molar-refractivity contribution >= 4 is 17.8 Å². The third kappa shape index (κ3) is 5.46. The molecule has 0 spiro atoms. The van der Waals surface area contributed by atoms with Gasteiger partial charge in [0.05, 0.1) is 11.6 Å². The highest BCUT2D eigenvalue weighted by molar-refractivity contribution is 6.05. The van der Waals surface area contributed by atoms with Gasteiger partial charge in [-0.05, 0) is 43.3 Å². The maximum atomic E-state index is 11.9. The molecule has 0 aliphatic heterocycles. The summed E-state index contributed by atoms with van der Waals surface area (Å²) in [5.74, 6) is -1.68. The topological polar surface area (TPSA) is 105 Å². The highest BCUT2D eigenvalue weighted by Gasteiger charge is 2.19. The van der Waals surface area contributed by atoms with Crippen molar-refractivity contribution < 1.29 is 23.9 Å². The number of carbonyl (C=O) groups is 3. The van der Waals surface area contributed by atoms with E-state index in [1.54, 1.807) is 54.6 Å². The van der Waals surface area contributed by atoms with Crippen LogP contribution in [0.25, 0.3) is 0 Å². The van der Waals surface area contributed by atoms with Crippen molar-refractivity contribution in [1.29, 1.82) is 5.26 Å². The highest BCUT2D eigenvalue weighted by atomic mass is 16.6. The van der Waals surface area contributed by atoms with Crippen molar-refractivity contribution in [3.05, 3.63) is 65.7 Å². The van der Waals surface area contributed by atoms with Crippen molar-refractivity contribution in [2.24, 2.45) is 0 Å². The van der Waals surface area contributed by atoms with E-state index in [1.807, 2.05) is 6.07 Å². The number of esters is 1. The minimum Gasteiger partial charge on any atom is -0.479 e. The zero-order valence-corrected chi connectivity index (χ0v) is 14.0. The number of benzene rings is 2. The van der Waals surface area contributed by atoms with E-state index in [0.717, 1.165) is 0 Å². The summed E-state index contributed by atoms with van der Waals surface area (Å²) in [5.41, 5.74) is 0.789. The Balaban J connectivity index is 1.78. The summed E-state index contributed by atoms with van der Waals surface area (Å²) in [6.45, 7) is 0.867. The van der Waals surface area contributed by atoms with Gasteiger partial charge in [0.25, 0.3) is 11.8 Å². The Kier molecular flexibility index (Phi) is 6.46. The number of nitrogens with zero attached hydrogens (tertiary/aromatic N) is 1. The van der Waals surface area contributed by atoms with Gasteiger partial charge in [0.1, 0.15) is 5.75 Å². The van der Waals surface area contributed by atoms with Crippen LogP contribution in [0, 0.1) is 11.3 Å². The molecule has 1 atom stereocenters. The van der Waals surface area contributed by atoms with Crippen LogP contribution < -0.4 is 10.1 Å². The van der Waals surface area contributed by atoms with Crippen molar-refractivity contribution in [2.45, 2.75) is 13.0 Å². The number of ether oxygens (including phenoxy) is 2. The molecular formula is C19H16N2O5. The molecule has 0 aliphatic rings. The molecular weight excluding hydrogens is 336 g/mol. The second-order valence-electron chi connectivity index (χ2n) is 5.25. The first-order valence-corrected chi connectivity index (χ1v) is 7.72. The van der Waals surface area contributed by atoms with E-state index in [-0.39, 0.29) is 0 Å². The molecule has 0 fully saturated rings. The van der Waals surface area contributed by atoms with Crippen LogP contribution in [-0.2, 0) is 14.3 Å². The van der Waals surface area contributed by atoms with Gasteiger partial charge in [0.15, 0.2) is 12.7 Å². The van der Waals surface area contributed by atoms with E-state index in [4.69, 9.17) is 14.7 Å². The molecule has 0 heterocycles. The number of hydrogen-bond acceptors (Lipinski definition) is 6. The normalized spacial score (nSPS) is 10.9. The zero-order valence-electron chi connectivity index (χ0n) is 14.0. The van der Waals surface area contributed by atoms with Crippen LogP contribution in [0.2, 0.25) is 0 Å². The Morgan fingerprint density at radius 1 is 1.08 bits per heavy atom. The average Bonchev–Trinajstić information content (AvgIpc) is 2.67. The summed E-state index contributed by atoms with van der Waals surface area (Å²) in [6.07, 6.45) is -0.958. The largest absolute Gasteiger partial charge is 0.479 e. The minimum absolute atomic E-state index is 0.324. The van der Waals surface area contributed by atoms with Gasteiger partial charge in [-0.1, -0.05) is 18.2 Å². The molecule has 1 N–H and O–H groups in total. The first kappa shape index (κ1) is 18.7. The Morgan fingerprint density at radius 2 is 1.73 bits per heavy atom. The van der Waals surface area contributed by atoms with Crippen molar-refractivity contribution in [3.8, 4) is 11.8 Å². The number of hydrogen-bond donors (Lipinski definition) is 1. The molecule has 2 rings (SSSR count). The van der Waals surface area contributed by atoms with Crippen LogP contribution in [-0.4, -0.2) is 30.5 Å². The van der Waals surface area contributed by atoms with Crippen LogP contribution >= 0.6 is 0 Å². The van der Waals surface area contributed by atoms with Crippen molar-refractivity contribution in [3.63, 3.8) is 0 Å². The fourth-order valence-electron chi connectivity index (χ4n) is 1.94. The smallest absolute Gasteiger partial charge is 0.347 e. The lowest BCUT2D eigenvalue weighted by atomic mass is 10.2. The van der Waals surface area contributed by atoms with Gasteiger partial charge < -0.3 is 9.47 Å². The molecule has 2 amide bonds. The third-order valence-corrected chi connectivity index (χ3v) is 3.26. The Morgan fingerprint density at radius 3 is 2.35 bits per heavy atom. The van der Waals surface area contributed by atoms with Gasteiger partial charge in [-0.25, -0.2) is 4.79 Å². The van der Waals surface area contributed by atoms with Crippen LogP contribution in [0.15, 0.2) is 54.6 Å². The molecule has 26 heavy (non-hydrogen) atoms. The van der Waals surface area contributed by atoms with Gasteiger partial charge in [-0.2, -0.15) is 5.26 Å². The maximum Gasteiger partial charge on any atom is 0.347 e. The molecule has 0 bridgehead atoms. The van der Waals surface area contributed by atoms with Gasteiger partial charge in [0, 0.05) is 5.56 Å². The van der Waals surface area contributed by atoms with Crippen molar-refractivity contribution in [2.75, 3.05) is 6.61 Å². The molecule has 0 saturated carbocycles. The fourth-order valence-corrected chi connectivity index (χ4v) is 1.94. The molecule has 132 valence electrons.